The molecule has 0 aliphatic heterocycles. The number of amides is 1. The fourth-order valence-electron chi connectivity index (χ4n) is 2.55. The van der Waals surface area contributed by atoms with Crippen LogP contribution in [-0.4, -0.2) is 36.2 Å². The SMILES string of the molecule is CCOCC(NC(=O)C1CCC(C(=O)O)CC1)C(C)C. The van der Waals surface area contributed by atoms with E-state index in [2.05, 4.69) is 19.2 Å². The molecule has 1 aliphatic rings. The van der Waals surface area contributed by atoms with Crippen LogP contribution in [0.1, 0.15) is 46.5 Å². The third-order valence-corrected chi connectivity index (χ3v) is 4.08. The Bertz CT molecular complexity index is 322. The first-order chi connectivity index (χ1) is 9.45. The Morgan fingerprint density at radius 1 is 1.20 bits per heavy atom. The number of nitrogens with one attached hydrogen (secondary N) is 1. The topological polar surface area (TPSA) is 75.6 Å². The Balaban J connectivity index is 2.43. The highest BCUT2D eigenvalue weighted by molar-refractivity contribution is 5.79. The number of carboxylic acids is 1. The van der Waals surface area contributed by atoms with Gasteiger partial charge in [0.2, 0.25) is 5.91 Å². The lowest BCUT2D eigenvalue weighted by Gasteiger charge is -2.28. The Labute approximate surface area is 121 Å². The molecule has 116 valence electrons. The summed E-state index contributed by atoms with van der Waals surface area (Å²) in [4.78, 5) is 23.1. The van der Waals surface area contributed by atoms with Crippen molar-refractivity contribution in [3.8, 4) is 0 Å². The minimum absolute atomic E-state index is 0.0275. The van der Waals surface area contributed by atoms with Crippen LogP contribution in [0.3, 0.4) is 0 Å². The quantitative estimate of drug-likeness (QED) is 0.750. The lowest BCUT2D eigenvalue weighted by molar-refractivity contribution is -0.144. The van der Waals surface area contributed by atoms with E-state index < -0.39 is 5.97 Å². The molecule has 0 bridgehead atoms. The van der Waals surface area contributed by atoms with E-state index in [9.17, 15) is 9.59 Å². The fourth-order valence-corrected chi connectivity index (χ4v) is 2.55. The molecule has 0 saturated heterocycles. The van der Waals surface area contributed by atoms with Crippen molar-refractivity contribution in [3.63, 3.8) is 0 Å². The zero-order valence-electron chi connectivity index (χ0n) is 12.7. The predicted octanol–water partition coefficient (Wildman–Crippen LogP) is 2.05. The highest BCUT2D eigenvalue weighted by Crippen LogP contribution is 2.29. The molecule has 1 aliphatic carbocycles. The first kappa shape index (κ1) is 17.0. The van der Waals surface area contributed by atoms with Crippen LogP contribution in [0.4, 0.5) is 0 Å². The number of ether oxygens (including phenoxy) is 1. The number of aliphatic carboxylic acids is 1. The first-order valence-corrected chi connectivity index (χ1v) is 7.56. The normalized spacial score (nSPS) is 24.4. The number of hydrogen-bond acceptors (Lipinski definition) is 3. The average Bonchev–Trinajstić information content (AvgIpc) is 2.42. The van der Waals surface area contributed by atoms with Gasteiger partial charge in [0.05, 0.1) is 18.6 Å². The minimum Gasteiger partial charge on any atom is -0.481 e. The zero-order chi connectivity index (χ0) is 15.1. The highest BCUT2D eigenvalue weighted by atomic mass is 16.5. The first-order valence-electron chi connectivity index (χ1n) is 7.56. The van der Waals surface area contributed by atoms with Crippen LogP contribution in [0.2, 0.25) is 0 Å². The minimum atomic E-state index is -0.736. The van der Waals surface area contributed by atoms with Crippen LogP contribution < -0.4 is 5.32 Å². The van der Waals surface area contributed by atoms with E-state index in [1.54, 1.807) is 0 Å². The summed E-state index contributed by atoms with van der Waals surface area (Å²) in [5.41, 5.74) is 0. The maximum Gasteiger partial charge on any atom is 0.306 e. The van der Waals surface area contributed by atoms with Gasteiger partial charge in [-0.3, -0.25) is 9.59 Å². The summed E-state index contributed by atoms with van der Waals surface area (Å²) in [6.45, 7) is 7.23. The second-order valence-corrected chi connectivity index (χ2v) is 5.91. The van der Waals surface area contributed by atoms with Gasteiger partial charge in [-0.05, 0) is 38.5 Å². The zero-order valence-corrected chi connectivity index (χ0v) is 12.7. The molecule has 0 aromatic rings. The van der Waals surface area contributed by atoms with Crippen LogP contribution in [0, 0.1) is 17.8 Å². The molecule has 20 heavy (non-hydrogen) atoms. The molecule has 0 spiro atoms. The Morgan fingerprint density at radius 2 is 1.75 bits per heavy atom. The molecule has 0 radical (unpaired) electrons. The van der Waals surface area contributed by atoms with Gasteiger partial charge in [0, 0.05) is 12.5 Å². The van der Waals surface area contributed by atoms with E-state index in [1.807, 2.05) is 6.92 Å². The molecule has 5 heteroatoms. The van der Waals surface area contributed by atoms with Crippen molar-refractivity contribution in [1.29, 1.82) is 0 Å². The second kappa shape index (κ2) is 8.25. The van der Waals surface area contributed by atoms with Gasteiger partial charge in [-0.1, -0.05) is 13.8 Å². The molecule has 0 aromatic heterocycles. The molecule has 1 rings (SSSR count). The van der Waals surface area contributed by atoms with Gasteiger partial charge >= 0.3 is 5.97 Å². The molecule has 5 nitrogen and oxygen atoms in total. The van der Waals surface area contributed by atoms with Crippen molar-refractivity contribution in [2.45, 2.75) is 52.5 Å². The molecule has 2 N–H and O–H groups in total. The van der Waals surface area contributed by atoms with E-state index in [0.717, 1.165) is 0 Å². The van der Waals surface area contributed by atoms with Crippen molar-refractivity contribution in [2.75, 3.05) is 13.2 Å². The summed E-state index contributed by atoms with van der Waals surface area (Å²) in [7, 11) is 0. The fraction of sp³-hybridized carbons (Fsp3) is 0.867. The summed E-state index contributed by atoms with van der Waals surface area (Å²) in [6.07, 6.45) is 2.54. The van der Waals surface area contributed by atoms with Gasteiger partial charge in [0.1, 0.15) is 0 Å². The largest absolute Gasteiger partial charge is 0.481 e. The smallest absolute Gasteiger partial charge is 0.306 e. The Hall–Kier alpha value is -1.10. The van der Waals surface area contributed by atoms with E-state index >= 15 is 0 Å². The monoisotopic (exact) mass is 285 g/mol. The third kappa shape index (κ3) is 5.12. The average molecular weight is 285 g/mol. The molecule has 1 fully saturated rings. The number of rotatable bonds is 7. The molecule has 1 saturated carbocycles. The molecular formula is C15H27NO4. The predicted molar refractivity (Wildman–Crippen MR) is 76.3 cm³/mol. The van der Waals surface area contributed by atoms with Gasteiger partial charge in [0.25, 0.3) is 0 Å². The third-order valence-electron chi connectivity index (χ3n) is 4.08. The molecule has 0 aromatic carbocycles. The van der Waals surface area contributed by atoms with Gasteiger partial charge in [0.15, 0.2) is 0 Å². The number of hydrogen-bond donors (Lipinski definition) is 2. The van der Waals surface area contributed by atoms with Crippen molar-refractivity contribution in [2.24, 2.45) is 17.8 Å². The van der Waals surface area contributed by atoms with E-state index in [-0.39, 0.29) is 23.8 Å². The van der Waals surface area contributed by atoms with Crippen molar-refractivity contribution < 1.29 is 19.4 Å². The van der Waals surface area contributed by atoms with E-state index in [0.29, 0.717) is 44.8 Å². The molecular weight excluding hydrogens is 258 g/mol. The van der Waals surface area contributed by atoms with Crippen LogP contribution in [0.25, 0.3) is 0 Å². The van der Waals surface area contributed by atoms with E-state index in [4.69, 9.17) is 9.84 Å². The molecule has 1 amide bonds. The lowest BCUT2D eigenvalue weighted by atomic mass is 9.81. The maximum atomic E-state index is 12.2. The van der Waals surface area contributed by atoms with Gasteiger partial charge < -0.3 is 15.2 Å². The lowest BCUT2D eigenvalue weighted by Crippen LogP contribution is -2.45. The Kier molecular flexibility index (Phi) is 6.99. The van der Waals surface area contributed by atoms with Gasteiger partial charge in [-0.15, -0.1) is 0 Å². The molecule has 1 atom stereocenters. The summed E-state index contributed by atoms with van der Waals surface area (Å²) in [5, 5.41) is 12.0. The number of carboxylic acid groups (broad SMARTS) is 1. The summed E-state index contributed by atoms with van der Waals surface area (Å²) in [5.74, 6) is -0.690. The van der Waals surface area contributed by atoms with Crippen LogP contribution >= 0.6 is 0 Å². The Morgan fingerprint density at radius 3 is 2.20 bits per heavy atom. The second-order valence-electron chi connectivity index (χ2n) is 5.91. The van der Waals surface area contributed by atoms with Gasteiger partial charge in [-0.2, -0.15) is 0 Å². The van der Waals surface area contributed by atoms with Crippen LogP contribution in [-0.2, 0) is 14.3 Å². The molecule has 1 unspecified atom stereocenters. The maximum absolute atomic E-state index is 12.2. The summed E-state index contributed by atoms with van der Waals surface area (Å²) in [6, 6.07) is 0.0275. The van der Waals surface area contributed by atoms with Gasteiger partial charge in [-0.25, -0.2) is 0 Å². The van der Waals surface area contributed by atoms with Crippen LogP contribution in [0.15, 0.2) is 0 Å². The van der Waals surface area contributed by atoms with Crippen LogP contribution in [0.5, 0.6) is 0 Å². The van der Waals surface area contributed by atoms with Crippen molar-refractivity contribution in [1.82, 2.24) is 5.32 Å². The van der Waals surface area contributed by atoms with Crippen molar-refractivity contribution >= 4 is 11.9 Å². The van der Waals surface area contributed by atoms with E-state index in [1.165, 1.54) is 0 Å². The number of carbonyl (C=O) groups is 2. The highest BCUT2D eigenvalue weighted by Gasteiger charge is 2.30. The van der Waals surface area contributed by atoms with Crippen molar-refractivity contribution in [3.05, 3.63) is 0 Å². The summed E-state index contributed by atoms with van der Waals surface area (Å²) < 4.78 is 5.40. The summed E-state index contributed by atoms with van der Waals surface area (Å²) >= 11 is 0. The molecule has 0 heterocycles. The standard InChI is InChI=1S/C15H27NO4/c1-4-20-9-13(10(2)3)16-14(17)11-5-7-12(8-6-11)15(18)19/h10-13H,4-9H2,1-3H3,(H,16,17)(H,18,19). The number of carbonyl (C=O) groups excluding carboxylic acids is 1.